The summed E-state index contributed by atoms with van der Waals surface area (Å²) in [4.78, 5) is 15.1. The molecule has 20 heavy (non-hydrogen) atoms. The molecule has 0 unspecified atom stereocenters. The highest BCUT2D eigenvalue weighted by Crippen LogP contribution is 2.30. The van der Waals surface area contributed by atoms with E-state index in [4.69, 9.17) is 4.74 Å². The van der Waals surface area contributed by atoms with Crippen LogP contribution in [0.2, 0.25) is 0 Å². The first kappa shape index (κ1) is 13.8. The lowest BCUT2D eigenvalue weighted by Gasteiger charge is -2.08. The summed E-state index contributed by atoms with van der Waals surface area (Å²) in [5.74, 6) is -0.196. The number of benzene rings is 1. The molecule has 2 N–H and O–H groups in total. The molecule has 0 spiro atoms. The highest BCUT2D eigenvalue weighted by atomic mass is 19.4. The number of hydrogen-bond donors (Lipinski definition) is 2. The third kappa shape index (κ3) is 3.70. The number of carbonyl (C=O) groups excluding carboxylic acids is 1. The number of carbonyl (C=O) groups is 1. The van der Waals surface area contributed by atoms with E-state index < -0.39 is 17.6 Å². The van der Waals surface area contributed by atoms with Crippen LogP contribution >= 0.6 is 0 Å². The topological polar surface area (TPSA) is 79.9 Å². The van der Waals surface area contributed by atoms with Gasteiger partial charge in [0.1, 0.15) is 12.1 Å². The molecule has 1 aromatic carbocycles. The van der Waals surface area contributed by atoms with Crippen LogP contribution in [0.25, 0.3) is 0 Å². The van der Waals surface area contributed by atoms with Crippen molar-refractivity contribution in [2.45, 2.75) is 6.18 Å². The van der Waals surface area contributed by atoms with Gasteiger partial charge in [-0.15, -0.1) is 0 Å². The highest BCUT2D eigenvalue weighted by molar-refractivity contribution is 5.90. The summed E-state index contributed by atoms with van der Waals surface area (Å²) in [6.07, 6.45) is -3.19. The van der Waals surface area contributed by atoms with Crippen molar-refractivity contribution in [2.75, 3.05) is 11.9 Å². The van der Waals surface area contributed by atoms with E-state index in [0.717, 1.165) is 24.3 Å². The van der Waals surface area contributed by atoms with Crippen molar-refractivity contribution in [3.8, 4) is 5.75 Å². The smallest absolute Gasteiger partial charge is 0.416 e. The number of ether oxygens (including phenoxy) is 1. The fourth-order valence-electron chi connectivity index (χ4n) is 1.32. The predicted octanol–water partition coefficient (Wildman–Crippen LogP) is 1.84. The number of alkyl halides is 3. The Morgan fingerprint density at radius 3 is 2.55 bits per heavy atom. The first-order valence-corrected chi connectivity index (χ1v) is 5.40. The van der Waals surface area contributed by atoms with Crippen molar-refractivity contribution in [1.29, 1.82) is 0 Å². The Bertz CT molecular complexity index is 566. The van der Waals surface area contributed by atoms with Crippen LogP contribution in [-0.4, -0.2) is 27.7 Å². The minimum absolute atomic E-state index is 0.158. The summed E-state index contributed by atoms with van der Waals surface area (Å²) in [5.41, 5.74) is -0.782. The summed E-state index contributed by atoms with van der Waals surface area (Å²) in [6.45, 7) is -0.355. The molecule has 9 heteroatoms. The van der Waals surface area contributed by atoms with Gasteiger partial charge in [-0.2, -0.15) is 23.3 Å². The van der Waals surface area contributed by atoms with Gasteiger partial charge in [-0.05, 0) is 24.3 Å². The fraction of sp³-hybridized carbons (Fsp3) is 0.182. The molecule has 106 valence electrons. The first-order chi connectivity index (χ1) is 9.45. The Morgan fingerprint density at radius 1 is 1.30 bits per heavy atom. The van der Waals surface area contributed by atoms with E-state index in [0.29, 0.717) is 0 Å². The molecule has 0 aliphatic heterocycles. The largest absolute Gasteiger partial charge is 0.484 e. The Balaban J connectivity index is 1.86. The standard InChI is InChI=1S/C11H9F3N4O2/c12-11(13,14)7-1-3-8(4-2-7)20-5-9(19)17-10-15-6-16-18-10/h1-4,6H,5H2,(H2,15,16,17,18,19). The summed E-state index contributed by atoms with van der Waals surface area (Å²) in [5, 5.41) is 8.30. The lowest BCUT2D eigenvalue weighted by atomic mass is 10.2. The molecule has 0 radical (unpaired) electrons. The van der Waals surface area contributed by atoms with Crippen LogP contribution in [0.3, 0.4) is 0 Å². The van der Waals surface area contributed by atoms with Gasteiger partial charge in [0.2, 0.25) is 5.95 Å². The molecular formula is C11H9F3N4O2. The quantitative estimate of drug-likeness (QED) is 0.898. The van der Waals surface area contributed by atoms with Gasteiger partial charge >= 0.3 is 6.18 Å². The monoisotopic (exact) mass is 286 g/mol. The Hall–Kier alpha value is -2.58. The molecular weight excluding hydrogens is 277 g/mol. The Labute approximate surface area is 111 Å². The van der Waals surface area contributed by atoms with E-state index in [1.807, 2.05) is 0 Å². The molecule has 0 atom stereocenters. The fourth-order valence-corrected chi connectivity index (χ4v) is 1.32. The summed E-state index contributed by atoms with van der Waals surface area (Å²) >= 11 is 0. The van der Waals surface area contributed by atoms with E-state index >= 15 is 0 Å². The Kier molecular flexibility index (Phi) is 3.87. The van der Waals surface area contributed by atoms with Gasteiger partial charge in [0.25, 0.3) is 5.91 Å². The van der Waals surface area contributed by atoms with E-state index in [1.165, 1.54) is 6.33 Å². The average molecular weight is 286 g/mol. The van der Waals surface area contributed by atoms with Gasteiger partial charge < -0.3 is 4.74 Å². The van der Waals surface area contributed by atoms with Crippen molar-refractivity contribution < 1.29 is 22.7 Å². The predicted molar refractivity (Wildman–Crippen MR) is 62.0 cm³/mol. The van der Waals surface area contributed by atoms with E-state index in [2.05, 4.69) is 20.5 Å². The minimum Gasteiger partial charge on any atom is -0.484 e. The number of amides is 1. The maximum absolute atomic E-state index is 12.3. The summed E-state index contributed by atoms with van der Waals surface area (Å²) in [6, 6.07) is 4.04. The van der Waals surface area contributed by atoms with E-state index in [-0.39, 0.29) is 18.3 Å². The van der Waals surface area contributed by atoms with Gasteiger partial charge in [-0.25, -0.2) is 5.10 Å². The van der Waals surface area contributed by atoms with Crippen molar-refractivity contribution in [3.05, 3.63) is 36.2 Å². The third-order valence-corrected chi connectivity index (χ3v) is 2.22. The van der Waals surface area contributed by atoms with E-state index in [1.54, 1.807) is 0 Å². The van der Waals surface area contributed by atoms with Crippen molar-refractivity contribution >= 4 is 11.9 Å². The zero-order valence-electron chi connectivity index (χ0n) is 9.94. The molecule has 6 nitrogen and oxygen atoms in total. The molecule has 2 rings (SSSR count). The van der Waals surface area contributed by atoms with Crippen molar-refractivity contribution in [2.24, 2.45) is 0 Å². The van der Waals surface area contributed by atoms with Crippen molar-refractivity contribution in [1.82, 2.24) is 15.2 Å². The zero-order valence-corrected chi connectivity index (χ0v) is 9.94. The number of aromatic amines is 1. The van der Waals surface area contributed by atoms with Gasteiger partial charge in [-0.1, -0.05) is 0 Å². The lowest BCUT2D eigenvalue weighted by molar-refractivity contribution is -0.137. The molecule has 0 saturated heterocycles. The molecule has 1 aromatic heterocycles. The second-order valence-electron chi connectivity index (χ2n) is 3.69. The number of anilines is 1. The molecule has 1 amide bonds. The molecule has 0 fully saturated rings. The molecule has 1 heterocycles. The number of nitrogens with zero attached hydrogens (tertiary/aromatic N) is 2. The SMILES string of the molecule is O=C(COc1ccc(C(F)(F)F)cc1)Nc1ncn[nH]1. The summed E-state index contributed by atoms with van der Waals surface area (Å²) in [7, 11) is 0. The zero-order chi connectivity index (χ0) is 14.6. The Morgan fingerprint density at radius 2 is 2.00 bits per heavy atom. The normalized spacial score (nSPS) is 11.2. The first-order valence-electron chi connectivity index (χ1n) is 5.40. The number of rotatable bonds is 4. The van der Waals surface area contributed by atoms with Crippen LogP contribution in [0.5, 0.6) is 5.75 Å². The van der Waals surface area contributed by atoms with Gasteiger partial charge in [0.15, 0.2) is 6.61 Å². The molecule has 2 aromatic rings. The second kappa shape index (κ2) is 5.59. The average Bonchev–Trinajstić information content (AvgIpc) is 2.88. The van der Waals surface area contributed by atoms with Crippen LogP contribution < -0.4 is 10.1 Å². The second-order valence-corrected chi connectivity index (χ2v) is 3.69. The van der Waals surface area contributed by atoms with Crippen LogP contribution in [0, 0.1) is 0 Å². The molecule has 0 saturated carbocycles. The number of H-pyrrole nitrogens is 1. The third-order valence-electron chi connectivity index (χ3n) is 2.22. The number of hydrogen-bond acceptors (Lipinski definition) is 4. The van der Waals surface area contributed by atoms with Crippen molar-refractivity contribution in [3.63, 3.8) is 0 Å². The summed E-state index contributed by atoms with van der Waals surface area (Å²) < 4.78 is 42.0. The van der Waals surface area contributed by atoms with Gasteiger partial charge in [0, 0.05) is 0 Å². The van der Waals surface area contributed by atoms with Crippen LogP contribution in [0.1, 0.15) is 5.56 Å². The minimum atomic E-state index is -4.40. The highest BCUT2D eigenvalue weighted by Gasteiger charge is 2.30. The maximum Gasteiger partial charge on any atom is 0.416 e. The van der Waals surface area contributed by atoms with Crippen LogP contribution in [0.4, 0.5) is 19.1 Å². The van der Waals surface area contributed by atoms with E-state index in [9.17, 15) is 18.0 Å². The molecule has 0 aliphatic carbocycles. The van der Waals surface area contributed by atoms with Crippen LogP contribution in [-0.2, 0) is 11.0 Å². The number of aromatic nitrogens is 3. The van der Waals surface area contributed by atoms with Gasteiger partial charge in [0.05, 0.1) is 5.56 Å². The lowest BCUT2D eigenvalue weighted by Crippen LogP contribution is -2.20. The maximum atomic E-state index is 12.3. The number of halogens is 3. The molecule has 0 bridgehead atoms. The van der Waals surface area contributed by atoms with Crippen LogP contribution in [0.15, 0.2) is 30.6 Å². The van der Waals surface area contributed by atoms with Gasteiger partial charge in [-0.3, -0.25) is 10.1 Å². The molecule has 0 aliphatic rings. The number of nitrogens with one attached hydrogen (secondary N) is 2.